The average molecular weight is 331 g/mol. The maximum absolute atomic E-state index is 12.4. The molecule has 0 radical (unpaired) electrons. The largest absolute Gasteiger partial charge is 0.355 e. The summed E-state index contributed by atoms with van der Waals surface area (Å²) in [6, 6.07) is 6.83. The van der Waals surface area contributed by atoms with Crippen molar-refractivity contribution in [1.82, 2.24) is 5.32 Å². The predicted octanol–water partition coefficient (Wildman–Crippen LogP) is 2.67. The Kier molecular flexibility index (Phi) is 5.95. The van der Waals surface area contributed by atoms with E-state index >= 15 is 0 Å². The van der Waals surface area contributed by atoms with Gasteiger partial charge in [0.25, 0.3) is 0 Å². The van der Waals surface area contributed by atoms with Crippen molar-refractivity contribution in [2.75, 3.05) is 17.2 Å². The number of carbonyl (C=O) groups is 3. The lowest BCUT2D eigenvalue weighted by atomic mass is 10.0. The Labute approximate surface area is 142 Å². The highest BCUT2D eigenvalue weighted by Crippen LogP contribution is 2.46. The molecule has 1 saturated carbocycles. The third-order valence-electron chi connectivity index (χ3n) is 4.15. The van der Waals surface area contributed by atoms with Crippen LogP contribution in [0.2, 0.25) is 0 Å². The highest BCUT2D eigenvalue weighted by atomic mass is 16.2. The summed E-state index contributed by atoms with van der Waals surface area (Å²) in [5.74, 6) is -0.586. The van der Waals surface area contributed by atoms with Gasteiger partial charge in [0.1, 0.15) is 5.41 Å². The molecule has 1 aromatic carbocycles. The maximum Gasteiger partial charge on any atom is 0.240 e. The summed E-state index contributed by atoms with van der Waals surface area (Å²) in [7, 11) is 0. The molecule has 2 rings (SSSR count). The molecule has 0 aliphatic heterocycles. The molecule has 0 spiro atoms. The van der Waals surface area contributed by atoms with E-state index in [-0.39, 0.29) is 17.7 Å². The fraction of sp³-hybridized carbons (Fsp3) is 0.500. The Morgan fingerprint density at radius 2 is 1.54 bits per heavy atom. The quantitative estimate of drug-likeness (QED) is 0.505. The zero-order chi connectivity index (χ0) is 17.6. The maximum atomic E-state index is 12.4. The summed E-state index contributed by atoms with van der Waals surface area (Å²) in [5, 5.41) is 8.33. The van der Waals surface area contributed by atoms with Gasteiger partial charge in [-0.1, -0.05) is 19.8 Å². The fourth-order valence-corrected chi connectivity index (χ4v) is 2.52. The lowest BCUT2D eigenvalue weighted by Crippen LogP contribution is -2.40. The Hall–Kier alpha value is -2.37. The highest BCUT2D eigenvalue weighted by molar-refractivity contribution is 6.13. The van der Waals surface area contributed by atoms with E-state index in [2.05, 4.69) is 22.9 Å². The van der Waals surface area contributed by atoms with E-state index in [9.17, 15) is 14.4 Å². The third-order valence-corrected chi connectivity index (χ3v) is 4.15. The lowest BCUT2D eigenvalue weighted by Gasteiger charge is -2.15. The Morgan fingerprint density at radius 3 is 2.04 bits per heavy atom. The van der Waals surface area contributed by atoms with Crippen molar-refractivity contribution in [3.05, 3.63) is 24.3 Å². The molecule has 0 unspecified atom stereocenters. The van der Waals surface area contributed by atoms with Gasteiger partial charge >= 0.3 is 0 Å². The second-order valence-electron chi connectivity index (χ2n) is 6.26. The first-order chi connectivity index (χ1) is 11.5. The molecule has 24 heavy (non-hydrogen) atoms. The number of nitrogens with one attached hydrogen (secondary N) is 3. The van der Waals surface area contributed by atoms with Crippen LogP contribution in [0.3, 0.4) is 0 Å². The van der Waals surface area contributed by atoms with E-state index in [1.54, 1.807) is 24.3 Å². The Morgan fingerprint density at radius 1 is 0.958 bits per heavy atom. The second-order valence-corrected chi connectivity index (χ2v) is 6.26. The number of carbonyl (C=O) groups excluding carboxylic acids is 3. The zero-order valence-electron chi connectivity index (χ0n) is 14.3. The van der Waals surface area contributed by atoms with Crippen molar-refractivity contribution in [2.45, 2.75) is 46.0 Å². The highest BCUT2D eigenvalue weighted by Gasteiger charge is 2.56. The minimum Gasteiger partial charge on any atom is -0.355 e. The normalized spacial score (nSPS) is 14.6. The van der Waals surface area contributed by atoms with Gasteiger partial charge in [-0.05, 0) is 43.5 Å². The van der Waals surface area contributed by atoms with Gasteiger partial charge in [0.2, 0.25) is 17.7 Å². The zero-order valence-corrected chi connectivity index (χ0v) is 14.3. The first-order valence-corrected chi connectivity index (χ1v) is 8.45. The van der Waals surface area contributed by atoms with Gasteiger partial charge in [0.05, 0.1) is 0 Å². The van der Waals surface area contributed by atoms with Crippen LogP contribution in [0, 0.1) is 5.41 Å². The number of amides is 3. The molecule has 0 saturated heterocycles. The molecule has 6 heteroatoms. The number of hydrogen-bond donors (Lipinski definition) is 3. The molecule has 0 heterocycles. The van der Waals surface area contributed by atoms with E-state index in [4.69, 9.17) is 0 Å². The van der Waals surface area contributed by atoms with Crippen molar-refractivity contribution < 1.29 is 14.4 Å². The van der Waals surface area contributed by atoms with E-state index in [0.29, 0.717) is 30.8 Å². The average Bonchev–Trinajstić information content (AvgIpc) is 3.34. The number of unbranched alkanes of at least 4 members (excludes halogenated alkanes) is 2. The van der Waals surface area contributed by atoms with Gasteiger partial charge in [-0.3, -0.25) is 14.4 Å². The molecule has 0 bridgehead atoms. The molecule has 0 atom stereocenters. The van der Waals surface area contributed by atoms with Crippen molar-refractivity contribution in [2.24, 2.45) is 5.41 Å². The van der Waals surface area contributed by atoms with Crippen LogP contribution in [0.4, 0.5) is 11.4 Å². The molecule has 1 fully saturated rings. The Balaban J connectivity index is 1.89. The van der Waals surface area contributed by atoms with Crippen molar-refractivity contribution in [3.63, 3.8) is 0 Å². The van der Waals surface area contributed by atoms with Crippen LogP contribution in [-0.2, 0) is 14.4 Å². The standard InChI is InChI=1S/C18H25N3O3/c1-3-4-5-12-19-16(23)18(10-11-18)17(24)21-15-8-6-14(7-9-15)20-13(2)22/h6-9H,3-5,10-12H2,1-2H3,(H,19,23)(H,20,22)(H,21,24). The smallest absolute Gasteiger partial charge is 0.240 e. The molecule has 0 aromatic heterocycles. The number of anilines is 2. The van der Waals surface area contributed by atoms with Crippen LogP contribution >= 0.6 is 0 Å². The van der Waals surface area contributed by atoms with Gasteiger partial charge in [-0.15, -0.1) is 0 Å². The molecule has 3 N–H and O–H groups in total. The summed E-state index contributed by atoms with van der Waals surface area (Å²) < 4.78 is 0. The third kappa shape index (κ3) is 4.57. The molecular weight excluding hydrogens is 306 g/mol. The van der Waals surface area contributed by atoms with E-state index in [1.807, 2.05) is 0 Å². The first-order valence-electron chi connectivity index (χ1n) is 8.45. The van der Waals surface area contributed by atoms with Gasteiger partial charge in [-0.2, -0.15) is 0 Å². The van der Waals surface area contributed by atoms with Crippen LogP contribution in [0.15, 0.2) is 24.3 Å². The number of hydrogen-bond acceptors (Lipinski definition) is 3. The summed E-state index contributed by atoms with van der Waals surface area (Å²) in [6.07, 6.45) is 4.27. The number of benzene rings is 1. The van der Waals surface area contributed by atoms with Crippen molar-refractivity contribution >= 4 is 29.1 Å². The summed E-state index contributed by atoms with van der Waals surface area (Å²) >= 11 is 0. The van der Waals surface area contributed by atoms with E-state index in [0.717, 1.165) is 19.3 Å². The van der Waals surface area contributed by atoms with Gasteiger partial charge < -0.3 is 16.0 Å². The topological polar surface area (TPSA) is 87.3 Å². The molecule has 6 nitrogen and oxygen atoms in total. The van der Waals surface area contributed by atoms with E-state index in [1.165, 1.54) is 6.92 Å². The molecular formula is C18H25N3O3. The van der Waals surface area contributed by atoms with Crippen LogP contribution in [0.5, 0.6) is 0 Å². The molecule has 1 aliphatic carbocycles. The number of rotatable bonds is 8. The first kappa shape index (κ1) is 18.0. The van der Waals surface area contributed by atoms with Crippen LogP contribution < -0.4 is 16.0 Å². The van der Waals surface area contributed by atoms with Gasteiger partial charge in [-0.25, -0.2) is 0 Å². The monoisotopic (exact) mass is 331 g/mol. The summed E-state index contributed by atoms with van der Waals surface area (Å²) in [4.78, 5) is 35.7. The SMILES string of the molecule is CCCCCNC(=O)C1(C(=O)Nc2ccc(NC(C)=O)cc2)CC1. The second kappa shape index (κ2) is 7.95. The Bertz CT molecular complexity index is 606. The minimum absolute atomic E-state index is 0.150. The molecule has 130 valence electrons. The molecule has 1 aromatic rings. The lowest BCUT2D eigenvalue weighted by molar-refractivity contribution is -0.134. The molecule has 1 aliphatic rings. The van der Waals surface area contributed by atoms with Crippen molar-refractivity contribution in [1.29, 1.82) is 0 Å². The van der Waals surface area contributed by atoms with Gasteiger partial charge in [0.15, 0.2) is 0 Å². The predicted molar refractivity (Wildman–Crippen MR) is 93.6 cm³/mol. The fourth-order valence-electron chi connectivity index (χ4n) is 2.52. The van der Waals surface area contributed by atoms with Crippen LogP contribution in [0.1, 0.15) is 46.0 Å². The van der Waals surface area contributed by atoms with Crippen LogP contribution in [-0.4, -0.2) is 24.3 Å². The van der Waals surface area contributed by atoms with E-state index < -0.39 is 5.41 Å². The minimum atomic E-state index is -0.914. The summed E-state index contributed by atoms with van der Waals surface area (Å²) in [5.41, 5.74) is 0.358. The van der Waals surface area contributed by atoms with Crippen molar-refractivity contribution in [3.8, 4) is 0 Å². The van der Waals surface area contributed by atoms with Crippen LogP contribution in [0.25, 0.3) is 0 Å². The summed E-state index contributed by atoms with van der Waals surface area (Å²) in [6.45, 7) is 4.16. The molecule has 3 amide bonds. The van der Waals surface area contributed by atoms with Gasteiger partial charge in [0, 0.05) is 24.8 Å².